The van der Waals surface area contributed by atoms with Gasteiger partial charge in [-0.1, -0.05) is 32.1 Å². The quantitative estimate of drug-likeness (QED) is 0.680. The summed E-state index contributed by atoms with van der Waals surface area (Å²) in [6.07, 6.45) is 13.2. The first-order valence-electron chi connectivity index (χ1n) is 9.17. The van der Waals surface area contributed by atoms with Crippen molar-refractivity contribution < 1.29 is 9.90 Å². The van der Waals surface area contributed by atoms with Crippen LogP contribution in [-0.2, 0) is 4.79 Å². The average molecular weight is 312 g/mol. The van der Waals surface area contributed by atoms with Crippen molar-refractivity contribution in [1.29, 1.82) is 0 Å². The predicted octanol–water partition coefficient (Wildman–Crippen LogP) is 4.21. The fourth-order valence-electron chi connectivity index (χ4n) is 6.20. The Morgan fingerprint density at radius 1 is 1.26 bits per heavy atom. The highest BCUT2D eigenvalue weighted by Crippen LogP contribution is 2.64. The third-order valence-electron chi connectivity index (χ3n) is 7.69. The molecule has 0 spiro atoms. The maximum atomic E-state index is 12.0. The SMILES string of the molecule is CC=C1C[C@H]2[C@@H]3C=C[C@H](O)[C@@]3(C)CC[C@@H]2[C@@]2(C)CCC(=O)C=C12. The van der Waals surface area contributed by atoms with Gasteiger partial charge in [-0.3, -0.25) is 4.79 Å². The molecule has 0 unspecified atom stereocenters. The summed E-state index contributed by atoms with van der Waals surface area (Å²) >= 11 is 0. The molecule has 124 valence electrons. The van der Waals surface area contributed by atoms with Crippen LogP contribution < -0.4 is 0 Å². The van der Waals surface area contributed by atoms with Gasteiger partial charge in [-0.15, -0.1) is 0 Å². The molecule has 0 saturated heterocycles. The summed E-state index contributed by atoms with van der Waals surface area (Å²) in [6, 6.07) is 0. The van der Waals surface area contributed by atoms with Crippen molar-refractivity contribution in [2.75, 3.05) is 0 Å². The first-order chi connectivity index (χ1) is 10.9. The number of aliphatic hydroxyl groups is 1. The Kier molecular flexibility index (Phi) is 3.29. The molecule has 2 saturated carbocycles. The van der Waals surface area contributed by atoms with E-state index < -0.39 is 0 Å². The molecule has 4 aliphatic carbocycles. The molecule has 2 fully saturated rings. The molecule has 0 aromatic heterocycles. The van der Waals surface area contributed by atoms with Gasteiger partial charge >= 0.3 is 0 Å². The third kappa shape index (κ3) is 1.94. The van der Waals surface area contributed by atoms with Crippen LogP contribution in [0.2, 0.25) is 0 Å². The van der Waals surface area contributed by atoms with Crippen LogP contribution in [0, 0.1) is 28.6 Å². The molecular weight excluding hydrogens is 284 g/mol. The number of carbonyl (C=O) groups excluding carboxylic acids is 1. The lowest BCUT2D eigenvalue weighted by molar-refractivity contribution is -0.117. The Bertz CT molecular complexity index is 640. The molecule has 0 aliphatic heterocycles. The molecule has 0 heterocycles. The number of carbonyl (C=O) groups is 1. The van der Waals surface area contributed by atoms with Gasteiger partial charge in [-0.2, -0.15) is 0 Å². The van der Waals surface area contributed by atoms with E-state index in [1.165, 1.54) is 17.6 Å². The van der Waals surface area contributed by atoms with Crippen LogP contribution in [0.3, 0.4) is 0 Å². The van der Waals surface area contributed by atoms with Crippen LogP contribution in [0.5, 0.6) is 0 Å². The predicted molar refractivity (Wildman–Crippen MR) is 91.8 cm³/mol. The molecule has 0 aromatic rings. The highest BCUT2D eigenvalue weighted by Gasteiger charge is 2.58. The summed E-state index contributed by atoms with van der Waals surface area (Å²) in [5.41, 5.74) is 2.85. The normalized spacial score (nSPS) is 50.3. The van der Waals surface area contributed by atoms with Crippen LogP contribution in [0.15, 0.2) is 35.5 Å². The van der Waals surface area contributed by atoms with E-state index in [0.717, 1.165) is 19.3 Å². The van der Waals surface area contributed by atoms with Gasteiger partial charge in [0.05, 0.1) is 6.10 Å². The van der Waals surface area contributed by atoms with Crippen molar-refractivity contribution in [1.82, 2.24) is 0 Å². The fraction of sp³-hybridized carbons (Fsp3) is 0.667. The Hall–Kier alpha value is -1.15. The molecule has 6 atom stereocenters. The minimum absolute atomic E-state index is 0.0160. The molecule has 0 bridgehead atoms. The number of fused-ring (bicyclic) bond motifs is 5. The molecule has 0 aromatic carbocycles. The number of hydrogen-bond acceptors (Lipinski definition) is 2. The zero-order chi connectivity index (χ0) is 16.4. The smallest absolute Gasteiger partial charge is 0.156 e. The Balaban J connectivity index is 1.79. The number of hydrogen-bond donors (Lipinski definition) is 1. The second-order valence-corrected chi connectivity index (χ2v) is 8.63. The summed E-state index contributed by atoms with van der Waals surface area (Å²) in [4.78, 5) is 12.0. The van der Waals surface area contributed by atoms with E-state index in [2.05, 4.69) is 32.9 Å². The summed E-state index contributed by atoms with van der Waals surface area (Å²) in [6.45, 7) is 6.77. The van der Waals surface area contributed by atoms with Crippen molar-refractivity contribution in [3.63, 3.8) is 0 Å². The number of aliphatic hydroxyl groups excluding tert-OH is 1. The highest BCUT2D eigenvalue weighted by atomic mass is 16.3. The maximum absolute atomic E-state index is 12.0. The summed E-state index contributed by atoms with van der Waals surface area (Å²) in [5.74, 6) is 2.01. The zero-order valence-electron chi connectivity index (χ0n) is 14.5. The second kappa shape index (κ2) is 4.92. The van der Waals surface area contributed by atoms with Gasteiger partial charge in [0.25, 0.3) is 0 Å². The van der Waals surface area contributed by atoms with Gasteiger partial charge in [0.1, 0.15) is 0 Å². The maximum Gasteiger partial charge on any atom is 0.156 e. The van der Waals surface area contributed by atoms with Crippen molar-refractivity contribution in [3.8, 4) is 0 Å². The van der Waals surface area contributed by atoms with Gasteiger partial charge in [0.2, 0.25) is 0 Å². The van der Waals surface area contributed by atoms with Crippen molar-refractivity contribution in [3.05, 3.63) is 35.5 Å². The lowest BCUT2D eigenvalue weighted by Crippen LogP contribution is -2.52. The average Bonchev–Trinajstić information content (AvgIpc) is 2.83. The lowest BCUT2D eigenvalue weighted by Gasteiger charge is -2.58. The van der Waals surface area contributed by atoms with E-state index in [1.807, 2.05) is 12.2 Å². The fourth-order valence-corrected chi connectivity index (χ4v) is 6.20. The molecule has 23 heavy (non-hydrogen) atoms. The van der Waals surface area contributed by atoms with Gasteiger partial charge < -0.3 is 5.11 Å². The Morgan fingerprint density at radius 2 is 2.04 bits per heavy atom. The molecule has 0 amide bonds. The standard InChI is InChI=1S/C21H28O2/c1-4-13-11-15-16-5-6-19(23)21(16,3)10-8-17(15)20(2)9-7-14(22)12-18(13)20/h4-6,12,15-17,19,23H,7-11H2,1-3H3/t15-,16-,17-,19-,20+,21-/m0/s1. The van der Waals surface area contributed by atoms with E-state index >= 15 is 0 Å². The molecular formula is C21H28O2. The number of allylic oxidation sites excluding steroid dienone is 5. The Morgan fingerprint density at radius 3 is 2.78 bits per heavy atom. The van der Waals surface area contributed by atoms with E-state index in [1.54, 1.807) is 0 Å². The summed E-state index contributed by atoms with van der Waals surface area (Å²) in [7, 11) is 0. The molecule has 1 N–H and O–H groups in total. The molecule has 2 heteroatoms. The van der Waals surface area contributed by atoms with Crippen molar-refractivity contribution in [2.24, 2.45) is 28.6 Å². The van der Waals surface area contributed by atoms with Crippen LogP contribution in [0.4, 0.5) is 0 Å². The van der Waals surface area contributed by atoms with E-state index in [0.29, 0.717) is 30.0 Å². The first-order valence-corrected chi connectivity index (χ1v) is 9.17. The minimum Gasteiger partial charge on any atom is -0.388 e. The Labute approximate surface area is 139 Å². The highest BCUT2D eigenvalue weighted by molar-refractivity contribution is 5.92. The number of rotatable bonds is 0. The third-order valence-corrected chi connectivity index (χ3v) is 7.69. The summed E-state index contributed by atoms with van der Waals surface area (Å²) < 4.78 is 0. The van der Waals surface area contributed by atoms with E-state index in [-0.39, 0.29) is 16.9 Å². The van der Waals surface area contributed by atoms with E-state index in [4.69, 9.17) is 0 Å². The molecule has 4 aliphatic rings. The van der Waals surface area contributed by atoms with Crippen LogP contribution >= 0.6 is 0 Å². The first kappa shape index (κ1) is 15.4. The van der Waals surface area contributed by atoms with Crippen LogP contribution in [-0.4, -0.2) is 17.0 Å². The summed E-state index contributed by atoms with van der Waals surface area (Å²) in [5, 5.41) is 10.5. The van der Waals surface area contributed by atoms with Crippen LogP contribution in [0.25, 0.3) is 0 Å². The van der Waals surface area contributed by atoms with Crippen molar-refractivity contribution >= 4 is 5.78 Å². The van der Waals surface area contributed by atoms with Gasteiger partial charge in [-0.25, -0.2) is 0 Å². The van der Waals surface area contributed by atoms with Gasteiger partial charge in [-0.05, 0) is 73.0 Å². The topological polar surface area (TPSA) is 37.3 Å². The van der Waals surface area contributed by atoms with E-state index in [9.17, 15) is 9.90 Å². The van der Waals surface area contributed by atoms with Gasteiger partial charge in [0, 0.05) is 11.8 Å². The second-order valence-electron chi connectivity index (χ2n) is 8.63. The van der Waals surface area contributed by atoms with Crippen molar-refractivity contribution in [2.45, 2.75) is 59.0 Å². The number of ketones is 1. The van der Waals surface area contributed by atoms with Crippen LogP contribution in [0.1, 0.15) is 52.9 Å². The molecule has 0 radical (unpaired) electrons. The largest absolute Gasteiger partial charge is 0.388 e. The molecule has 2 nitrogen and oxygen atoms in total. The monoisotopic (exact) mass is 312 g/mol. The molecule has 4 rings (SSSR count). The zero-order valence-corrected chi connectivity index (χ0v) is 14.5. The van der Waals surface area contributed by atoms with Gasteiger partial charge in [0.15, 0.2) is 5.78 Å². The lowest BCUT2D eigenvalue weighted by atomic mass is 9.46. The minimum atomic E-state index is -0.291.